The molecule has 2 aromatic carbocycles. The van der Waals surface area contributed by atoms with Gasteiger partial charge < -0.3 is 5.11 Å². The summed E-state index contributed by atoms with van der Waals surface area (Å²) in [5.74, 6) is -0.834. The van der Waals surface area contributed by atoms with E-state index >= 15 is 0 Å². The zero-order valence-corrected chi connectivity index (χ0v) is 11.2. The van der Waals surface area contributed by atoms with Crippen LogP contribution in [0.25, 0.3) is 0 Å². The van der Waals surface area contributed by atoms with E-state index in [9.17, 15) is 13.9 Å². The first-order valence-corrected chi connectivity index (χ1v) is 6.17. The Balaban J connectivity index is 2.44. The average Bonchev–Trinajstić information content (AvgIpc) is 2.35. The van der Waals surface area contributed by atoms with Crippen molar-refractivity contribution in [3.8, 4) is 0 Å². The molecule has 1 nitrogen and oxygen atoms in total. The molecule has 0 aliphatic rings. The average molecular weight is 313 g/mol. The summed E-state index contributed by atoms with van der Waals surface area (Å²) in [4.78, 5) is 0. The van der Waals surface area contributed by atoms with Gasteiger partial charge in [-0.15, -0.1) is 0 Å². The molecule has 94 valence electrons. The Morgan fingerprint density at radius 1 is 1.11 bits per heavy atom. The lowest BCUT2D eigenvalue weighted by molar-refractivity contribution is 0.218. The van der Waals surface area contributed by atoms with Crippen LogP contribution in [-0.4, -0.2) is 5.11 Å². The highest BCUT2D eigenvalue weighted by Gasteiger charge is 2.15. The van der Waals surface area contributed by atoms with Crippen LogP contribution in [0.1, 0.15) is 22.8 Å². The van der Waals surface area contributed by atoms with Gasteiger partial charge in [-0.3, -0.25) is 0 Å². The summed E-state index contributed by atoms with van der Waals surface area (Å²) >= 11 is 3.24. The Hall–Kier alpha value is -1.26. The van der Waals surface area contributed by atoms with Crippen molar-refractivity contribution in [2.24, 2.45) is 0 Å². The summed E-state index contributed by atoms with van der Waals surface area (Å²) in [7, 11) is 0. The molecule has 0 saturated heterocycles. The number of halogens is 3. The third-order valence-corrected chi connectivity index (χ3v) is 3.49. The number of aliphatic hydroxyl groups excluding tert-OH is 1. The van der Waals surface area contributed by atoms with Crippen LogP contribution in [0, 0.1) is 18.6 Å². The lowest BCUT2D eigenvalue weighted by Gasteiger charge is -2.14. The Morgan fingerprint density at radius 3 is 2.50 bits per heavy atom. The van der Waals surface area contributed by atoms with Gasteiger partial charge in [0.05, 0.1) is 0 Å². The predicted octanol–water partition coefficient (Wildman–Crippen LogP) is 4.12. The van der Waals surface area contributed by atoms with Gasteiger partial charge in [0.1, 0.15) is 17.7 Å². The van der Waals surface area contributed by atoms with E-state index in [-0.39, 0.29) is 5.82 Å². The van der Waals surface area contributed by atoms with Crippen LogP contribution in [-0.2, 0) is 0 Å². The van der Waals surface area contributed by atoms with E-state index in [1.165, 1.54) is 24.3 Å². The van der Waals surface area contributed by atoms with Crippen LogP contribution in [0.2, 0.25) is 0 Å². The Bertz CT molecular complexity index is 584. The number of aliphatic hydroxyl groups is 1. The molecule has 0 aromatic heterocycles. The second-order valence-corrected chi connectivity index (χ2v) is 4.93. The highest BCUT2D eigenvalue weighted by molar-refractivity contribution is 9.10. The van der Waals surface area contributed by atoms with Crippen molar-refractivity contribution in [1.82, 2.24) is 0 Å². The quantitative estimate of drug-likeness (QED) is 0.884. The first-order chi connectivity index (χ1) is 8.49. The third-order valence-electron chi connectivity index (χ3n) is 2.76. The Labute approximate surface area is 112 Å². The number of aryl methyl sites for hydroxylation is 1. The zero-order chi connectivity index (χ0) is 13.3. The minimum Gasteiger partial charge on any atom is -0.384 e. The van der Waals surface area contributed by atoms with Crippen molar-refractivity contribution in [3.05, 3.63) is 69.2 Å². The van der Waals surface area contributed by atoms with Crippen LogP contribution >= 0.6 is 15.9 Å². The molecule has 2 rings (SSSR count). The second kappa shape index (κ2) is 5.16. The fraction of sp³-hybridized carbons (Fsp3) is 0.143. The van der Waals surface area contributed by atoms with Crippen molar-refractivity contribution in [2.75, 3.05) is 0 Å². The molecular weight excluding hydrogens is 302 g/mol. The first kappa shape index (κ1) is 13.2. The highest BCUT2D eigenvalue weighted by Crippen LogP contribution is 2.29. The summed E-state index contributed by atoms with van der Waals surface area (Å²) in [5.41, 5.74) is 1.27. The van der Waals surface area contributed by atoms with E-state index in [0.29, 0.717) is 21.2 Å². The maximum atomic E-state index is 13.4. The van der Waals surface area contributed by atoms with E-state index in [1.54, 1.807) is 19.1 Å². The van der Waals surface area contributed by atoms with E-state index in [1.807, 2.05) is 0 Å². The van der Waals surface area contributed by atoms with Crippen molar-refractivity contribution < 1.29 is 13.9 Å². The van der Waals surface area contributed by atoms with Gasteiger partial charge in [0.25, 0.3) is 0 Å². The lowest BCUT2D eigenvalue weighted by Crippen LogP contribution is -2.02. The smallest absolute Gasteiger partial charge is 0.126 e. The fourth-order valence-electron chi connectivity index (χ4n) is 1.68. The molecule has 0 aliphatic carbocycles. The van der Waals surface area contributed by atoms with Crippen LogP contribution in [0.15, 0.2) is 40.9 Å². The molecule has 0 aliphatic heterocycles. The van der Waals surface area contributed by atoms with Gasteiger partial charge in [-0.05, 0) is 42.3 Å². The fourth-order valence-corrected chi connectivity index (χ4v) is 2.15. The summed E-state index contributed by atoms with van der Waals surface area (Å²) in [5, 5.41) is 10.1. The molecular formula is C14H11BrF2O. The molecule has 0 heterocycles. The number of rotatable bonds is 2. The van der Waals surface area contributed by atoms with Crippen molar-refractivity contribution in [3.63, 3.8) is 0 Å². The maximum absolute atomic E-state index is 13.4. The van der Waals surface area contributed by atoms with Gasteiger partial charge >= 0.3 is 0 Å². The topological polar surface area (TPSA) is 20.2 Å². The molecule has 0 spiro atoms. The zero-order valence-electron chi connectivity index (χ0n) is 9.62. The normalized spacial score (nSPS) is 12.5. The molecule has 1 N–H and O–H groups in total. The van der Waals surface area contributed by atoms with Gasteiger partial charge in [0, 0.05) is 10.0 Å². The molecule has 4 heteroatoms. The summed E-state index contributed by atoms with van der Waals surface area (Å²) in [6.07, 6.45) is -1.06. The minimum atomic E-state index is -1.06. The largest absolute Gasteiger partial charge is 0.384 e. The van der Waals surface area contributed by atoms with Crippen molar-refractivity contribution in [1.29, 1.82) is 0 Å². The van der Waals surface area contributed by atoms with Gasteiger partial charge in [-0.1, -0.05) is 28.1 Å². The lowest BCUT2D eigenvalue weighted by atomic mass is 10.0. The monoisotopic (exact) mass is 312 g/mol. The number of hydrogen-bond donors (Lipinski definition) is 1. The van der Waals surface area contributed by atoms with Crippen molar-refractivity contribution >= 4 is 15.9 Å². The van der Waals surface area contributed by atoms with Crippen LogP contribution in [0.5, 0.6) is 0 Å². The van der Waals surface area contributed by atoms with Gasteiger partial charge in [-0.25, -0.2) is 8.78 Å². The van der Waals surface area contributed by atoms with Crippen LogP contribution < -0.4 is 0 Å². The summed E-state index contributed by atoms with van der Waals surface area (Å²) in [6.45, 7) is 1.64. The summed E-state index contributed by atoms with van der Waals surface area (Å²) in [6, 6.07) is 8.50. The molecule has 0 saturated carbocycles. The second-order valence-electron chi connectivity index (χ2n) is 4.08. The Morgan fingerprint density at radius 2 is 1.83 bits per heavy atom. The van der Waals surface area contributed by atoms with E-state index in [0.717, 1.165) is 0 Å². The van der Waals surface area contributed by atoms with E-state index in [4.69, 9.17) is 0 Å². The van der Waals surface area contributed by atoms with Crippen LogP contribution in [0.4, 0.5) is 8.78 Å². The summed E-state index contributed by atoms with van der Waals surface area (Å²) < 4.78 is 27.2. The third kappa shape index (κ3) is 2.60. The number of benzene rings is 2. The maximum Gasteiger partial charge on any atom is 0.126 e. The van der Waals surface area contributed by atoms with Gasteiger partial charge in [-0.2, -0.15) is 0 Å². The Kier molecular flexibility index (Phi) is 3.78. The first-order valence-electron chi connectivity index (χ1n) is 5.38. The highest BCUT2D eigenvalue weighted by atomic mass is 79.9. The predicted molar refractivity (Wildman–Crippen MR) is 69.3 cm³/mol. The van der Waals surface area contributed by atoms with Crippen molar-refractivity contribution in [2.45, 2.75) is 13.0 Å². The van der Waals surface area contributed by atoms with Gasteiger partial charge in [0.2, 0.25) is 0 Å². The molecule has 0 fully saturated rings. The molecule has 1 unspecified atom stereocenters. The van der Waals surface area contributed by atoms with Crippen LogP contribution in [0.3, 0.4) is 0 Å². The number of hydrogen-bond acceptors (Lipinski definition) is 1. The van der Waals surface area contributed by atoms with E-state index in [2.05, 4.69) is 15.9 Å². The SMILES string of the molecule is Cc1ccc(C(O)c2cc(F)ccc2Br)cc1F. The minimum absolute atomic E-state index is 0.373. The standard InChI is InChI=1S/C14H11BrF2O/c1-8-2-3-9(6-13(8)17)14(18)11-7-10(16)4-5-12(11)15/h2-7,14,18H,1H3. The van der Waals surface area contributed by atoms with E-state index < -0.39 is 11.9 Å². The molecule has 2 aromatic rings. The molecule has 18 heavy (non-hydrogen) atoms. The molecule has 0 bridgehead atoms. The molecule has 1 atom stereocenters. The molecule has 0 radical (unpaired) electrons. The van der Waals surface area contributed by atoms with Gasteiger partial charge in [0.15, 0.2) is 0 Å². The molecule has 0 amide bonds.